The minimum absolute atomic E-state index is 1.17. The molecule has 0 saturated carbocycles. The second-order valence-corrected chi connectivity index (χ2v) is 4.78. The quantitative estimate of drug-likeness (QED) is 0.656. The van der Waals surface area contributed by atoms with E-state index in [0.29, 0.717) is 0 Å². The molecule has 78 valence electrons. The molecule has 1 N–H and O–H groups in total. The SMILES string of the molecule is CCCCNCCN1CCSCC1. The van der Waals surface area contributed by atoms with Gasteiger partial charge < -0.3 is 10.2 Å². The number of hydrogen-bond donors (Lipinski definition) is 1. The average Bonchev–Trinajstić information content (AvgIpc) is 2.19. The van der Waals surface area contributed by atoms with Crippen LogP contribution < -0.4 is 5.32 Å². The summed E-state index contributed by atoms with van der Waals surface area (Å²) in [6, 6.07) is 0. The molecule has 1 aliphatic heterocycles. The highest BCUT2D eigenvalue weighted by molar-refractivity contribution is 7.99. The molecule has 1 rings (SSSR count). The Morgan fingerprint density at radius 3 is 2.69 bits per heavy atom. The van der Waals surface area contributed by atoms with Crippen LogP contribution in [-0.4, -0.2) is 49.1 Å². The van der Waals surface area contributed by atoms with Crippen molar-refractivity contribution < 1.29 is 0 Å². The minimum Gasteiger partial charge on any atom is -0.315 e. The molecular weight excluding hydrogens is 180 g/mol. The van der Waals surface area contributed by atoms with Gasteiger partial charge in [0.2, 0.25) is 0 Å². The molecule has 1 fully saturated rings. The van der Waals surface area contributed by atoms with E-state index in [1.165, 1.54) is 57.1 Å². The summed E-state index contributed by atoms with van der Waals surface area (Å²) in [5.74, 6) is 2.66. The lowest BCUT2D eigenvalue weighted by atomic mass is 10.3. The molecule has 1 saturated heterocycles. The first kappa shape index (κ1) is 11.3. The Bertz CT molecular complexity index is 113. The maximum Gasteiger partial charge on any atom is 0.0107 e. The zero-order valence-corrected chi connectivity index (χ0v) is 9.54. The van der Waals surface area contributed by atoms with E-state index in [-0.39, 0.29) is 0 Å². The van der Waals surface area contributed by atoms with Gasteiger partial charge >= 0.3 is 0 Å². The van der Waals surface area contributed by atoms with E-state index in [2.05, 4.69) is 28.9 Å². The van der Waals surface area contributed by atoms with Crippen LogP contribution in [0.15, 0.2) is 0 Å². The van der Waals surface area contributed by atoms with Crippen molar-refractivity contribution in [2.75, 3.05) is 44.2 Å². The Balaban J connectivity index is 1.86. The Hall–Kier alpha value is 0.270. The van der Waals surface area contributed by atoms with Gasteiger partial charge in [-0.15, -0.1) is 0 Å². The predicted molar refractivity (Wildman–Crippen MR) is 61.5 cm³/mol. The summed E-state index contributed by atoms with van der Waals surface area (Å²) in [5.41, 5.74) is 0. The van der Waals surface area contributed by atoms with Gasteiger partial charge in [0.05, 0.1) is 0 Å². The standard InChI is InChI=1S/C10H22N2S/c1-2-3-4-11-5-6-12-7-9-13-10-8-12/h11H,2-10H2,1H3. The first-order valence-corrected chi connectivity index (χ1v) is 6.59. The Morgan fingerprint density at radius 1 is 1.23 bits per heavy atom. The molecule has 0 aromatic heterocycles. The molecule has 1 aliphatic rings. The fourth-order valence-corrected chi connectivity index (χ4v) is 2.47. The molecule has 2 nitrogen and oxygen atoms in total. The maximum atomic E-state index is 3.49. The smallest absolute Gasteiger partial charge is 0.0107 e. The summed E-state index contributed by atoms with van der Waals surface area (Å²) in [7, 11) is 0. The Labute approximate surface area is 86.5 Å². The molecule has 0 aromatic carbocycles. The van der Waals surface area contributed by atoms with Crippen molar-refractivity contribution in [3.8, 4) is 0 Å². The van der Waals surface area contributed by atoms with Crippen LogP contribution in [-0.2, 0) is 0 Å². The van der Waals surface area contributed by atoms with Gasteiger partial charge in [0.15, 0.2) is 0 Å². The fourth-order valence-electron chi connectivity index (χ4n) is 1.49. The molecule has 3 heteroatoms. The predicted octanol–water partition coefficient (Wildman–Crippen LogP) is 1.42. The van der Waals surface area contributed by atoms with Crippen molar-refractivity contribution in [1.29, 1.82) is 0 Å². The zero-order valence-electron chi connectivity index (χ0n) is 8.72. The van der Waals surface area contributed by atoms with E-state index in [1.54, 1.807) is 0 Å². The third-order valence-corrected chi connectivity index (χ3v) is 3.36. The van der Waals surface area contributed by atoms with Gasteiger partial charge in [0, 0.05) is 37.7 Å². The van der Waals surface area contributed by atoms with Crippen molar-refractivity contribution in [3.05, 3.63) is 0 Å². The number of rotatable bonds is 6. The summed E-state index contributed by atoms with van der Waals surface area (Å²) in [6.45, 7) is 8.43. The van der Waals surface area contributed by atoms with E-state index in [1.807, 2.05) is 0 Å². The molecule has 0 unspecified atom stereocenters. The highest BCUT2D eigenvalue weighted by Crippen LogP contribution is 2.07. The number of nitrogens with one attached hydrogen (secondary N) is 1. The normalized spacial score (nSPS) is 19.2. The maximum absolute atomic E-state index is 3.49. The van der Waals surface area contributed by atoms with Crippen molar-refractivity contribution in [2.24, 2.45) is 0 Å². The number of thioether (sulfide) groups is 1. The van der Waals surface area contributed by atoms with Gasteiger partial charge in [-0.05, 0) is 13.0 Å². The van der Waals surface area contributed by atoms with Gasteiger partial charge in [-0.25, -0.2) is 0 Å². The summed E-state index contributed by atoms with van der Waals surface area (Å²) in [6.07, 6.45) is 2.61. The summed E-state index contributed by atoms with van der Waals surface area (Å²) >= 11 is 2.08. The second kappa shape index (κ2) is 7.65. The summed E-state index contributed by atoms with van der Waals surface area (Å²) in [5, 5.41) is 3.49. The van der Waals surface area contributed by atoms with Crippen LogP contribution >= 0.6 is 11.8 Å². The minimum atomic E-state index is 1.17. The first-order chi connectivity index (χ1) is 6.43. The van der Waals surface area contributed by atoms with Gasteiger partial charge in [0.25, 0.3) is 0 Å². The number of unbranched alkanes of at least 4 members (excludes halogenated alkanes) is 1. The van der Waals surface area contributed by atoms with Crippen molar-refractivity contribution in [1.82, 2.24) is 10.2 Å². The number of nitrogens with zero attached hydrogens (tertiary/aromatic N) is 1. The van der Waals surface area contributed by atoms with Crippen LogP contribution in [0.2, 0.25) is 0 Å². The lowest BCUT2D eigenvalue weighted by Gasteiger charge is -2.26. The molecular formula is C10H22N2S. The fraction of sp³-hybridized carbons (Fsp3) is 1.00. The van der Waals surface area contributed by atoms with Crippen LogP contribution in [0.4, 0.5) is 0 Å². The first-order valence-electron chi connectivity index (χ1n) is 5.44. The van der Waals surface area contributed by atoms with Gasteiger partial charge in [-0.2, -0.15) is 11.8 Å². The van der Waals surface area contributed by atoms with Crippen LogP contribution in [0.3, 0.4) is 0 Å². The van der Waals surface area contributed by atoms with Crippen molar-refractivity contribution >= 4 is 11.8 Å². The zero-order chi connectivity index (χ0) is 9.36. The average molecular weight is 202 g/mol. The molecule has 0 atom stereocenters. The molecule has 0 spiro atoms. The third-order valence-electron chi connectivity index (χ3n) is 2.42. The van der Waals surface area contributed by atoms with Crippen LogP contribution in [0.5, 0.6) is 0 Å². The Morgan fingerprint density at radius 2 is 2.00 bits per heavy atom. The summed E-state index contributed by atoms with van der Waals surface area (Å²) in [4.78, 5) is 2.56. The molecule has 0 radical (unpaired) electrons. The van der Waals surface area contributed by atoms with Crippen molar-refractivity contribution in [2.45, 2.75) is 19.8 Å². The molecule has 0 amide bonds. The monoisotopic (exact) mass is 202 g/mol. The Kier molecular flexibility index (Phi) is 6.68. The highest BCUT2D eigenvalue weighted by Gasteiger charge is 2.08. The van der Waals surface area contributed by atoms with Crippen LogP contribution in [0.25, 0.3) is 0 Å². The molecule has 13 heavy (non-hydrogen) atoms. The molecule has 0 aliphatic carbocycles. The second-order valence-electron chi connectivity index (χ2n) is 3.56. The molecule has 1 heterocycles. The van der Waals surface area contributed by atoms with Gasteiger partial charge in [-0.1, -0.05) is 13.3 Å². The van der Waals surface area contributed by atoms with E-state index in [4.69, 9.17) is 0 Å². The van der Waals surface area contributed by atoms with Crippen LogP contribution in [0, 0.1) is 0 Å². The highest BCUT2D eigenvalue weighted by atomic mass is 32.2. The molecule has 0 bridgehead atoms. The van der Waals surface area contributed by atoms with E-state index >= 15 is 0 Å². The van der Waals surface area contributed by atoms with Gasteiger partial charge in [-0.3, -0.25) is 0 Å². The molecule has 0 aromatic rings. The lowest BCUT2D eigenvalue weighted by Crippen LogP contribution is -2.37. The van der Waals surface area contributed by atoms with E-state index in [9.17, 15) is 0 Å². The van der Waals surface area contributed by atoms with Crippen LogP contribution in [0.1, 0.15) is 19.8 Å². The number of hydrogen-bond acceptors (Lipinski definition) is 3. The lowest BCUT2D eigenvalue weighted by molar-refractivity contribution is 0.301. The summed E-state index contributed by atoms with van der Waals surface area (Å²) < 4.78 is 0. The van der Waals surface area contributed by atoms with Crippen molar-refractivity contribution in [3.63, 3.8) is 0 Å². The van der Waals surface area contributed by atoms with Gasteiger partial charge in [0.1, 0.15) is 0 Å². The topological polar surface area (TPSA) is 15.3 Å². The largest absolute Gasteiger partial charge is 0.315 e. The van der Waals surface area contributed by atoms with E-state index in [0.717, 1.165) is 0 Å². The van der Waals surface area contributed by atoms with E-state index < -0.39 is 0 Å². The third kappa shape index (κ3) is 5.55.